The van der Waals surface area contributed by atoms with Gasteiger partial charge in [0.2, 0.25) is 0 Å². The molecule has 102 valence electrons. The van der Waals surface area contributed by atoms with E-state index in [-0.39, 0.29) is 5.56 Å². The molecule has 0 aliphatic carbocycles. The van der Waals surface area contributed by atoms with E-state index in [4.69, 9.17) is 0 Å². The number of nitriles is 1. The van der Waals surface area contributed by atoms with Crippen molar-refractivity contribution in [2.75, 3.05) is 18.0 Å². The molecule has 0 spiro atoms. The molecule has 0 N–H and O–H groups in total. The van der Waals surface area contributed by atoms with Crippen molar-refractivity contribution in [3.8, 4) is 6.07 Å². The Bertz CT molecular complexity index is 560. The molecule has 19 heavy (non-hydrogen) atoms. The van der Waals surface area contributed by atoms with Crippen LogP contribution in [0.15, 0.2) is 10.9 Å². The first-order valence-corrected chi connectivity index (χ1v) is 6.98. The predicted molar refractivity (Wildman–Crippen MR) is 76.4 cm³/mol. The molecule has 0 radical (unpaired) electrons. The number of aryl methyl sites for hydroxylation is 1. The van der Waals surface area contributed by atoms with Gasteiger partial charge in [-0.15, -0.1) is 0 Å². The number of rotatable bonds is 2. The molecule has 0 unspecified atom stereocenters. The Kier molecular flexibility index (Phi) is 3.94. The lowest BCUT2D eigenvalue weighted by Crippen LogP contribution is -2.36. The minimum atomic E-state index is -0.154. The summed E-state index contributed by atoms with van der Waals surface area (Å²) in [6, 6.07) is 4.08. The summed E-state index contributed by atoms with van der Waals surface area (Å²) in [5, 5.41) is 9.30. The molecule has 0 saturated carbocycles. The van der Waals surface area contributed by atoms with Crippen LogP contribution in [0.1, 0.15) is 37.9 Å². The van der Waals surface area contributed by atoms with Crippen molar-refractivity contribution in [1.29, 1.82) is 5.26 Å². The van der Waals surface area contributed by atoms with Crippen LogP contribution in [0, 0.1) is 24.2 Å². The highest BCUT2D eigenvalue weighted by Crippen LogP contribution is 2.25. The van der Waals surface area contributed by atoms with Crippen LogP contribution in [-0.2, 0) is 6.54 Å². The van der Waals surface area contributed by atoms with Gasteiger partial charge >= 0.3 is 0 Å². The maximum Gasteiger partial charge on any atom is 0.270 e. The van der Waals surface area contributed by atoms with E-state index in [2.05, 4.69) is 17.9 Å². The Morgan fingerprint density at radius 1 is 1.42 bits per heavy atom. The molecule has 0 aromatic carbocycles. The lowest BCUT2D eigenvalue weighted by atomic mass is 9.98. The zero-order valence-corrected chi connectivity index (χ0v) is 11.9. The van der Waals surface area contributed by atoms with Crippen LogP contribution in [0.2, 0.25) is 0 Å². The van der Waals surface area contributed by atoms with Crippen molar-refractivity contribution >= 4 is 5.69 Å². The minimum Gasteiger partial charge on any atom is -0.370 e. The van der Waals surface area contributed by atoms with E-state index in [1.54, 1.807) is 4.57 Å². The lowest BCUT2D eigenvalue weighted by Gasteiger charge is -2.33. The van der Waals surface area contributed by atoms with Crippen molar-refractivity contribution in [1.82, 2.24) is 4.57 Å². The summed E-state index contributed by atoms with van der Waals surface area (Å²) < 4.78 is 1.66. The van der Waals surface area contributed by atoms with Gasteiger partial charge in [0, 0.05) is 25.3 Å². The van der Waals surface area contributed by atoms with Crippen LogP contribution in [0.5, 0.6) is 0 Å². The molecular weight excluding hydrogens is 238 g/mol. The molecule has 0 amide bonds. The van der Waals surface area contributed by atoms with Crippen molar-refractivity contribution in [2.24, 2.45) is 5.92 Å². The zero-order chi connectivity index (χ0) is 14.0. The summed E-state index contributed by atoms with van der Waals surface area (Å²) in [5.41, 5.74) is 1.89. The van der Waals surface area contributed by atoms with Crippen molar-refractivity contribution < 1.29 is 0 Å². The highest BCUT2D eigenvalue weighted by atomic mass is 16.1. The molecule has 1 aliphatic heterocycles. The fraction of sp³-hybridized carbons (Fsp3) is 0.600. The lowest BCUT2D eigenvalue weighted by molar-refractivity contribution is 0.438. The fourth-order valence-corrected chi connectivity index (χ4v) is 2.75. The van der Waals surface area contributed by atoms with Crippen LogP contribution in [-0.4, -0.2) is 17.7 Å². The van der Waals surface area contributed by atoms with Crippen LogP contribution >= 0.6 is 0 Å². The maximum absolute atomic E-state index is 12.3. The molecule has 1 aromatic rings. The summed E-state index contributed by atoms with van der Waals surface area (Å²) >= 11 is 0. The normalized spacial score (nSPS) is 16.4. The molecule has 2 heterocycles. The van der Waals surface area contributed by atoms with Crippen molar-refractivity contribution in [3.63, 3.8) is 0 Å². The third-order valence-electron chi connectivity index (χ3n) is 4.04. The molecule has 1 fully saturated rings. The molecule has 0 bridgehead atoms. The Labute approximate surface area is 114 Å². The van der Waals surface area contributed by atoms with Crippen molar-refractivity contribution in [2.45, 2.75) is 40.2 Å². The standard InChI is InChI=1S/C15H21N3O/c1-4-18-12(3)9-14(13(10-16)15(18)19)17-7-5-11(2)6-8-17/h9,11H,4-8H2,1-3H3. The van der Waals surface area contributed by atoms with Gasteiger partial charge in [-0.3, -0.25) is 4.79 Å². The smallest absolute Gasteiger partial charge is 0.270 e. The first-order chi connectivity index (χ1) is 9.08. The summed E-state index contributed by atoms with van der Waals surface area (Å²) in [5.74, 6) is 0.735. The van der Waals surface area contributed by atoms with Crippen LogP contribution < -0.4 is 10.5 Å². The second kappa shape index (κ2) is 5.48. The van der Waals surface area contributed by atoms with Gasteiger partial charge in [0.05, 0.1) is 5.69 Å². The summed E-state index contributed by atoms with van der Waals surface area (Å²) in [4.78, 5) is 14.5. The fourth-order valence-electron chi connectivity index (χ4n) is 2.75. The Balaban J connectivity index is 2.47. The molecule has 4 nitrogen and oxygen atoms in total. The van der Waals surface area contributed by atoms with E-state index in [0.717, 1.165) is 43.2 Å². The highest BCUT2D eigenvalue weighted by molar-refractivity contribution is 5.59. The number of pyridine rings is 1. The van der Waals surface area contributed by atoms with Gasteiger partial charge in [-0.05, 0) is 38.7 Å². The van der Waals surface area contributed by atoms with E-state index >= 15 is 0 Å². The molecule has 4 heteroatoms. The topological polar surface area (TPSA) is 49.0 Å². The molecule has 1 aliphatic rings. The molecule has 2 rings (SSSR count). The zero-order valence-electron chi connectivity index (χ0n) is 11.9. The van der Waals surface area contributed by atoms with Gasteiger partial charge in [0.25, 0.3) is 5.56 Å². The third kappa shape index (κ3) is 2.51. The molecule has 0 atom stereocenters. The Hall–Kier alpha value is -1.76. The van der Waals surface area contributed by atoms with E-state index in [0.29, 0.717) is 12.1 Å². The second-order valence-electron chi connectivity index (χ2n) is 5.38. The average molecular weight is 259 g/mol. The van der Waals surface area contributed by atoms with Crippen molar-refractivity contribution in [3.05, 3.63) is 27.7 Å². The number of aromatic nitrogens is 1. The van der Waals surface area contributed by atoms with Gasteiger partial charge in [-0.1, -0.05) is 6.92 Å². The first-order valence-electron chi connectivity index (χ1n) is 6.98. The van der Waals surface area contributed by atoms with Crippen LogP contribution in [0.4, 0.5) is 5.69 Å². The number of hydrogen-bond donors (Lipinski definition) is 0. The quantitative estimate of drug-likeness (QED) is 0.818. The SMILES string of the molecule is CCn1c(C)cc(N2CCC(C)CC2)c(C#N)c1=O. The van der Waals surface area contributed by atoms with E-state index in [1.807, 2.05) is 19.9 Å². The third-order valence-corrected chi connectivity index (χ3v) is 4.04. The van der Waals surface area contributed by atoms with Gasteiger partial charge < -0.3 is 9.47 Å². The maximum atomic E-state index is 12.3. The number of piperidine rings is 1. The number of nitrogens with zero attached hydrogens (tertiary/aromatic N) is 3. The summed E-state index contributed by atoms with van der Waals surface area (Å²) in [6.45, 7) is 8.59. The van der Waals surface area contributed by atoms with E-state index in [9.17, 15) is 10.1 Å². The first kappa shape index (κ1) is 13.7. The van der Waals surface area contributed by atoms with Crippen LogP contribution in [0.25, 0.3) is 0 Å². The summed E-state index contributed by atoms with van der Waals surface area (Å²) in [7, 11) is 0. The predicted octanol–water partition coefficient (Wildman–Crippen LogP) is 2.28. The van der Waals surface area contributed by atoms with Crippen LogP contribution in [0.3, 0.4) is 0 Å². The monoisotopic (exact) mass is 259 g/mol. The van der Waals surface area contributed by atoms with Gasteiger partial charge in [0.1, 0.15) is 11.6 Å². The number of anilines is 1. The van der Waals surface area contributed by atoms with Gasteiger partial charge in [0.15, 0.2) is 0 Å². The molecule has 1 saturated heterocycles. The molecular formula is C15H21N3O. The molecule has 1 aromatic heterocycles. The second-order valence-corrected chi connectivity index (χ2v) is 5.38. The minimum absolute atomic E-state index is 0.154. The van der Waals surface area contributed by atoms with Gasteiger partial charge in [-0.25, -0.2) is 0 Å². The average Bonchev–Trinajstić information content (AvgIpc) is 2.39. The Morgan fingerprint density at radius 2 is 2.05 bits per heavy atom. The highest BCUT2D eigenvalue weighted by Gasteiger charge is 2.21. The number of hydrogen-bond acceptors (Lipinski definition) is 3. The summed E-state index contributed by atoms with van der Waals surface area (Å²) in [6.07, 6.45) is 2.25. The Morgan fingerprint density at radius 3 is 2.58 bits per heavy atom. The van der Waals surface area contributed by atoms with Gasteiger partial charge in [-0.2, -0.15) is 5.26 Å². The van der Waals surface area contributed by atoms with E-state index in [1.165, 1.54) is 0 Å². The largest absolute Gasteiger partial charge is 0.370 e. The van der Waals surface area contributed by atoms with E-state index < -0.39 is 0 Å².